The van der Waals surface area contributed by atoms with Crippen LogP contribution in [0.3, 0.4) is 0 Å². The van der Waals surface area contributed by atoms with E-state index in [0.29, 0.717) is 24.3 Å². The van der Waals surface area contributed by atoms with E-state index in [1.54, 1.807) is 24.3 Å². The number of nitrogens with one attached hydrogen (secondary N) is 1. The molecule has 1 aromatic heterocycles. The molecule has 0 spiro atoms. The van der Waals surface area contributed by atoms with E-state index in [1.165, 1.54) is 0 Å². The average molecular weight is 365 g/mol. The second-order valence-electron chi connectivity index (χ2n) is 6.22. The first kappa shape index (κ1) is 18.6. The van der Waals surface area contributed by atoms with Crippen LogP contribution in [0.5, 0.6) is 5.75 Å². The molecule has 0 aliphatic rings. The molecule has 27 heavy (non-hydrogen) atoms. The van der Waals surface area contributed by atoms with Crippen LogP contribution in [0.15, 0.2) is 54.9 Å². The first-order valence-corrected chi connectivity index (χ1v) is 9.10. The van der Waals surface area contributed by atoms with Gasteiger partial charge in [0.1, 0.15) is 5.75 Å². The minimum absolute atomic E-state index is 0.0466. The molecule has 6 nitrogen and oxygen atoms in total. The zero-order valence-corrected chi connectivity index (χ0v) is 15.4. The zero-order valence-electron chi connectivity index (χ0n) is 15.4. The molecule has 0 unspecified atom stereocenters. The average Bonchev–Trinajstić information content (AvgIpc) is 3.12. The Morgan fingerprint density at radius 1 is 1.11 bits per heavy atom. The van der Waals surface area contributed by atoms with Gasteiger partial charge >= 0.3 is 0 Å². The normalized spacial score (nSPS) is 10.7. The van der Waals surface area contributed by atoms with E-state index < -0.39 is 0 Å². The molecule has 140 valence electrons. The Labute approximate surface area is 158 Å². The van der Waals surface area contributed by atoms with Gasteiger partial charge in [0.05, 0.1) is 17.4 Å². The maximum Gasteiger partial charge on any atom is 0.257 e. The van der Waals surface area contributed by atoms with Crippen molar-refractivity contribution in [3.8, 4) is 5.75 Å². The molecular formula is C21H23N3O3. The van der Waals surface area contributed by atoms with Crippen molar-refractivity contribution in [1.29, 1.82) is 0 Å². The number of imidazole rings is 1. The molecule has 1 heterocycles. The van der Waals surface area contributed by atoms with Crippen molar-refractivity contribution in [3.05, 3.63) is 60.4 Å². The lowest BCUT2D eigenvalue weighted by Crippen LogP contribution is -2.30. The molecular weight excluding hydrogens is 342 g/mol. The Bertz CT molecular complexity index is 916. The largest absolute Gasteiger partial charge is 0.484 e. The van der Waals surface area contributed by atoms with E-state index in [2.05, 4.69) is 14.9 Å². The van der Waals surface area contributed by atoms with Crippen molar-refractivity contribution >= 4 is 22.7 Å². The fraction of sp³-hybridized carbons (Fsp3) is 0.286. The molecule has 0 saturated carbocycles. The van der Waals surface area contributed by atoms with E-state index in [1.807, 2.05) is 37.5 Å². The number of hydrogen-bond donors (Lipinski definition) is 1. The number of benzene rings is 2. The van der Waals surface area contributed by atoms with Crippen molar-refractivity contribution in [2.75, 3.05) is 13.2 Å². The number of carbonyl (C=O) groups is 2. The topological polar surface area (TPSA) is 73.2 Å². The van der Waals surface area contributed by atoms with Crippen LogP contribution in [0, 0.1) is 0 Å². The number of amides is 1. The SMILES string of the molecule is CCC(=O)c1ccc(OCC(=O)NCCCn2cnc3ccccc32)cc1. The van der Waals surface area contributed by atoms with Gasteiger partial charge in [0.15, 0.2) is 12.4 Å². The number of rotatable bonds is 9. The Morgan fingerprint density at radius 2 is 1.89 bits per heavy atom. The molecule has 3 aromatic rings. The van der Waals surface area contributed by atoms with Gasteiger partial charge in [-0.15, -0.1) is 0 Å². The van der Waals surface area contributed by atoms with Crippen LogP contribution < -0.4 is 10.1 Å². The third-order valence-electron chi connectivity index (χ3n) is 4.29. The number of ether oxygens (including phenoxy) is 1. The van der Waals surface area contributed by atoms with Gasteiger partial charge in [0.25, 0.3) is 5.91 Å². The number of aryl methyl sites for hydroxylation is 1. The summed E-state index contributed by atoms with van der Waals surface area (Å²) in [7, 11) is 0. The van der Waals surface area contributed by atoms with Gasteiger partial charge < -0.3 is 14.6 Å². The first-order valence-electron chi connectivity index (χ1n) is 9.10. The van der Waals surface area contributed by atoms with Gasteiger partial charge in [-0.05, 0) is 42.8 Å². The molecule has 0 atom stereocenters. The van der Waals surface area contributed by atoms with Gasteiger partial charge in [0, 0.05) is 25.1 Å². The zero-order chi connectivity index (χ0) is 19.1. The number of Topliss-reactive ketones (excluding diaryl/α,β-unsaturated/α-hetero) is 1. The van der Waals surface area contributed by atoms with Crippen LogP contribution in [0.25, 0.3) is 11.0 Å². The third kappa shape index (κ3) is 4.94. The second kappa shape index (κ2) is 8.98. The van der Waals surface area contributed by atoms with E-state index >= 15 is 0 Å². The number of nitrogens with zero attached hydrogens (tertiary/aromatic N) is 2. The molecule has 0 saturated heterocycles. The predicted molar refractivity (Wildman–Crippen MR) is 104 cm³/mol. The quantitative estimate of drug-likeness (QED) is 0.467. The number of aromatic nitrogens is 2. The fourth-order valence-electron chi connectivity index (χ4n) is 2.81. The smallest absolute Gasteiger partial charge is 0.257 e. The summed E-state index contributed by atoms with van der Waals surface area (Å²) in [6.45, 7) is 3.13. The van der Waals surface area contributed by atoms with Crippen LogP contribution in [-0.4, -0.2) is 34.4 Å². The molecule has 0 aliphatic heterocycles. The van der Waals surface area contributed by atoms with Crippen molar-refractivity contribution < 1.29 is 14.3 Å². The number of para-hydroxylation sites is 2. The first-order chi connectivity index (χ1) is 13.2. The van der Waals surface area contributed by atoms with Gasteiger partial charge in [-0.3, -0.25) is 9.59 Å². The van der Waals surface area contributed by atoms with Crippen molar-refractivity contribution in [1.82, 2.24) is 14.9 Å². The molecule has 0 radical (unpaired) electrons. The number of ketones is 1. The maximum absolute atomic E-state index is 11.9. The highest BCUT2D eigenvalue weighted by molar-refractivity contribution is 5.95. The number of carbonyl (C=O) groups excluding carboxylic acids is 2. The monoisotopic (exact) mass is 365 g/mol. The van der Waals surface area contributed by atoms with E-state index in [4.69, 9.17) is 4.74 Å². The highest BCUT2D eigenvalue weighted by Gasteiger charge is 2.06. The Morgan fingerprint density at radius 3 is 2.67 bits per heavy atom. The fourth-order valence-corrected chi connectivity index (χ4v) is 2.81. The Kier molecular flexibility index (Phi) is 6.20. The summed E-state index contributed by atoms with van der Waals surface area (Å²) in [4.78, 5) is 27.8. The molecule has 6 heteroatoms. The van der Waals surface area contributed by atoms with E-state index in [-0.39, 0.29) is 18.3 Å². The number of hydrogen-bond acceptors (Lipinski definition) is 4. The third-order valence-corrected chi connectivity index (χ3v) is 4.29. The molecule has 0 fully saturated rings. The van der Waals surface area contributed by atoms with Crippen LogP contribution in [0.1, 0.15) is 30.1 Å². The summed E-state index contributed by atoms with van der Waals surface area (Å²) < 4.78 is 7.54. The Balaban J connectivity index is 1.38. The van der Waals surface area contributed by atoms with Crippen LogP contribution >= 0.6 is 0 Å². The van der Waals surface area contributed by atoms with Gasteiger partial charge in [0.2, 0.25) is 0 Å². The van der Waals surface area contributed by atoms with Gasteiger partial charge in [-0.25, -0.2) is 4.98 Å². The Hall–Kier alpha value is -3.15. The van der Waals surface area contributed by atoms with Crippen molar-refractivity contribution in [3.63, 3.8) is 0 Å². The molecule has 3 rings (SSSR count). The molecule has 1 N–H and O–H groups in total. The highest BCUT2D eigenvalue weighted by Crippen LogP contribution is 2.13. The predicted octanol–water partition coefficient (Wildman–Crippen LogP) is 3.21. The molecule has 1 amide bonds. The summed E-state index contributed by atoms with van der Waals surface area (Å²) in [6.07, 6.45) is 3.10. The maximum atomic E-state index is 11.9. The summed E-state index contributed by atoms with van der Waals surface area (Å²) in [5.41, 5.74) is 2.72. The highest BCUT2D eigenvalue weighted by atomic mass is 16.5. The minimum atomic E-state index is -0.167. The summed E-state index contributed by atoms with van der Waals surface area (Å²) in [6, 6.07) is 14.8. The van der Waals surface area contributed by atoms with E-state index in [0.717, 1.165) is 24.0 Å². The van der Waals surface area contributed by atoms with Gasteiger partial charge in [-0.1, -0.05) is 19.1 Å². The van der Waals surface area contributed by atoms with Crippen LogP contribution in [-0.2, 0) is 11.3 Å². The summed E-state index contributed by atoms with van der Waals surface area (Å²) in [5, 5.41) is 2.85. The summed E-state index contributed by atoms with van der Waals surface area (Å²) in [5.74, 6) is 0.492. The summed E-state index contributed by atoms with van der Waals surface area (Å²) >= 11 is 0. The lowest BCUT2D eigenvalue weighted by molar-refractivity contribution is -0.123. The minimum Gasteiger partial charge on any atom is -0.484 e. The molecule has 0 aliphatic carbocycles. The van der Waals surface area contributed by atoms with Gasteiger partial charge in [-0.2, -0.15) is 0 Å². The second-order valence-corrected chi connectivity index (χ2v) is 6.22. The number of fused-ring (bicyclic) bond motifs is 1. The van der Waals surface area contributed by atoms with Crippen LogP contribution in [0.2, 0.25) is 0 Å². The molecule has 0 bridgehead atoms. The van der Waals surface area contributed by atoms with E-state index in [9.17, 15) is 9.59 Å². The lowest BCUT2D eigenvalue weighted by Gasteiger charge is -2.09. The standard InChI is InChI=1S/C21H23N3O3/c1-2-20(25)16-8-10-17(11-9-16)27-14-21(26)22-12-5-13-24-15-23-18-6-3-4-7-19(18)24/h3-4,6-11,15H,2,5,12-14H2,1H3,(H,22,26). The lowest BCUT2D eigenvalue weighted by atomic mass is 10.1. The molecule has 2 aromatic carbocycles. The van der Waals surface area contributed by atoms with Crippen LogP contribution in [0.4, 0.5) is 0 Å². The van der Waals surface area contributed by atoms with Crippen molar-refractivity contribution in [2.45, 2.75) is 26.3 Å². The van der Waals surface area contributed by atoms with Crippen molar-refractivity contribution in [2.24, 2.45) is 0 Å².